The van der Waals surface area contributed by atoms with Gasteiger partial charge in [-0.2, -0.15) is 0 Å². The number of aryl methyl sites for hydroxylation is 1. The predicted octanol–water partition coefficient (Wildman–Crippen LogP) is 3.56. The molecule has 23 heavy (non-hydrogen) atoms. The lowest BCUT2D eigenvalue weighted by molar-refractivity contribution is -0.122. The molecule has 1 atom stereocenters. The number of carbonyl (C=O) groups is 2. The molecule has 0 bridgehead atoms. The summed E-state index contributed by atoms with van der Waals surface area (Å²) in [6.45, 7) is 3.41. The van der Waals surface area contributed by atoms with E-state index in [1.54, 1.807) is 17.0 Å². The van der Waals surface area contributed by atoms with E-state index < -0.39 is 6.04 Å². The number of nitrogens with one attached hydrogen (secondary N) is 1. The Balaban J connectivity index is 1.86. The highest BCUT2D eigenvalue weighted by molar-refractivity contribution is 6.33. The number of para-hydroxylation sites is 1. The molecular formula is C18H17ClN2O2. The van der Waals surface area contributed by atoms with Crippen LogP contribution in [0.5, 0.6) is 0 Å². The van der Waals surface area contributed by atoms with Gasteiger partial charge < -0.3 is 5.32 Å². The van der Waals surface area contributed by atoms with Crippen molar-refractivity contribution in [1.82, 2.24) is 0 Å². The standard InChI is InChI=1S/C18H17ClN2O2/c1-11-7-8-15(14(19)9-11)20-18(23)17-10-13-5-3-4-6-16(13)21(17)12(2)22/h3-9,17H,10H2,1-2H3,(H,20,23). The lowest BCUT2D eigenvalue weighted by Crippen LogP contribution is -2.44. The number of halogens is 1. The molecular weight excluding hydrogens is 312 g/mol. The van der Waals surface area contributed by atoms with Crippen LogP contribution >= 0.6 is 11.6 Å². The molecule has 1 aliphatic rings. The fourth-order valence-corrected chi connectivity index (χ4v) is 3.20. The van der Waals surface area contributed by atoms with Gasteiger partial charge in [-0.25, -0.2) is 0 Å². The van der Waals surface area contributed by atoms with E-state index in [1.165, 1.54) is 6.92 Å². The second-order valence-corrected chi connectivity index (χ2v) is 6.12. The van der Waals surface area contributed by atoms with Gasteiger partial charge in [0.15, 0.2) is 0 Å². The maximum absolute atomic E-state index is 12.7. The van der Waals surface area contributed by atoms with Gasteiger partial charge in [-0.1, -0.05) is 35.9 Å². The number of nitrogens with zero attached hydrogens (tertiary/aromatic N) is 1. The minimum atomic E-state index is -0.553. The summed E-state index contributed by atoms with van der Waals surface area (Å²) in [6, 6.07) is 12.5. The number of rotatable bonds is 2. The summed E-state index contributed by atoms with van der Waals surface area (Å²) in [5.41, 5.74) is 3.38. The number of amides is 2. The van der Waals surface area contributed by atoms with Crippen LogP contribution < -0.4 is 10.2 Å². The van der Waals surface area contributed by atoms with Gasteiger partial charge in [-0.3, -0.25) is 14.5 Å². The Morgan fingerprint density at radius 1 is 1.22 bits per heavy atom. The van der Waals surface area contributed by atoms with E-state index in [0.717, 1.165) is 16.8 Å². The maximum atomic E-state index is 12.7. The summed E-state index contributed by atoms with van der Waals surface area (Å²) in [6.07, 6.45) is 0.505. The van der Waals surface area contributed by atoms with E-state index in [2.05, 4.69) is 5.32 Å². The smallest absolute Gasteiger partial charge is 0.247 e. The van der Waals surface area contributed by atoms with Crippen molar-refractivity contribution in [1.29, 1.82) is 0 Å². The third kappa shape index (κ3) is 2.94. The third-order valence-corrected chi connectivity index (χ3v) is 4.31. The van der Waals surface area contributed by atoms with Crippen LogP contribution in [0.25, 0.3) is 0 Å². The topological polar surface area (TPSA) is 49.4 Å². The van der Waals surface area contributed by atoms with Gasteiger partial charge in [0.2, 0.25) is 11.8 Å². The van der Waals surface area contributed by atoms with Crippen LogP contribution in [0.1, 0.15) is 18.1 Å². The average molecular weight is 329 g/mol. The van der Waals surface area contributed by atoms with E-state index in [9.17, 15) is 9.59 Å². The SMILES string of the molecule is CC(=O)N1c2ccccc2CC1C(=O)Nc1ccc(C)cc1Cl. The van der Waals surface area contributed by atoms with Crippen molar-refractivity contribution in [2.75, 3.05) is 10.2 Å². The summed E-state index contributed by atoms with van der Waals surface area (Å²) in [4.78, 5) is 26.2. The van der Waals surface area contributed by atoms with Gasteiger partial charge in [-0.05, 0) is 36.2 Å². The number of hydrogen-bond acceptors (Lipinski definition) is 2. The Morgan fingerprint density at radius 2 is 1.96 bits per heavy atom. The molecule has 5 heteroatoms. The molecule has 0 radical (unpaired) electrons. The summed E-state index contributed by atoms with van der Waals surface area (Å²) < 4.78 is 0. The van der Waals surface area contributed by atoms with Crippen molar-refractivity contribution in [3.05, 3.63) is 58.6 Å². The summed E-state index contributed by atoms with van der Waals surface area (Å²) in [5, 5.41) is 3.32. The minimum absolute atomic E-state index is 0.148. The monoisotopic (exact) mass is 328 g/mol. The van der Waals surface area contributed by atoms with Crippen molar-refractivity contribution in [2.45, 2.75) is 26.3 Å². The first-order valence-electron chi connectivity index (χ1n) is 7.42. The molecule has 0 fully saturated rings. The van der Waals surface area contributed by atoms with Gasteiger partial charge in [0.25, 0.3) is 0 Å². The highest BCUT2D eigenvalue weighted by Crippen LogP contribution is 2.33. The van der Waals surface area contributed by atoms with Crippen molar-refractivity contribution in [3.63, 3.8) is 0 Å². The molecule has 1 heterocycles. The molecule has 0 saturated heterocycles. The van der Waals surface area contributed by atoms with E-state index in [-0.39, 0.29) is 11.8 Å². The quantitative estimate of drug-likeness (QED) is 0.916. The number of carbonyl (C=O) groups excluding carboxylic acids is 2. The predicted molar refractivity (Wildman–Crippen MR) is 91.9 cm³/mol. The Labute approximate surface area is 140 Å². The van der Waals surface area contributed by atoms with Crippen LogP contribution in [0.4, 0.5) is 11.4 Å². The van der Waals surface area contributed by atoms with Crippen LogP contribution in [-0.4, -0.2) is 17.9 Å². The summed E-state index contributed by atoms with van der Waals surface area (Å²) >= 11 is 6.17. The Kier molecular flexibility index (Phi) is 4.09. The normalized spacial score (nSPS) is 16.1. The van der Waals surface area contributed by atoms with Gasteiger partial charge in [-0.15, -0.1) is 0 Å². The van der Waals surface area contributed by atoms with Crippen LogP contribution in [0, 0.1) is 6.92 Å². The molecule has 0 aromatic heterocycles. The van der Waals surface area contributed by atoms with E-state index in [1.807, 2.05) is 37.3 Å². The Hall–Kier alpha value is -2.33. The summed E-state index contributed by atoms with van der Waals surface area (Å²) in [5.74, 6) is -0.382. The Morgan fingerprint density at radius 3 is 2.65 bits per heavy atom. The number of benzene rings is 2. The first-order chi connectivity index (χ1) is 11.0. The van der Waals surface area contributed by atoms with Crippen LogP contribution in [-0.2, 0) is 16.0 Å². The molecule has 4 nitrogen and oxygen atoms in total. The van der Waals surface area contributed by atoms with Gasteiger partial charge in [0.1, 0.15) is 6.04 Å². The van der Waals surface area contributed by atoms with Crippen LogP contribution in [0.2, 0.25) is 5.02 Å². The zero-order valence-electron chi connectivity index (χ0n) is 13.0. The molecule has 2 aromatic rings. The second-order valence-electron chi connectivity index (χ2n) is 5.71. The fourth-order valence-electron chi connectivity index (χ4n) is 2.92. The number of fused-ring (bicyclic) bond motifs is 1. The van der Waals surface area contributed by atoms with Crippen molar-refractivity contribution < 1.29 is 9.59 Å². The highest BCUT2D eigenvalue weighted by Gasteiger charge is 2.36. The molecule has 2 aromatic carbocycles. The summed E-state index contributed by atoms with van der Waals surface area (Å²) in [7, 11) is 0. The molecule has 2 amide bonds. The molecule has 1 unspecified atom stereocenters. The van der Waals surface area contributed by atoms with Crippen molar-refractivity contribution in [2.24, 2.45) is 0 Å². The van der Waals surface area contributed by atoms with Crippen LogP contribution in [0.3, 0.4) is 0 Å². The first kappa shape index (κ1) is 15.6. The third-order valence-electron chi connectivity index (χ3n) is 4.00. The first-order valence-corrected chi connectivity index (χ1v) is 7.80. The Bertz CT molecular complexity index is 788. The highest BCUT2D eigenvalue weighted by atomic mass is 35.5. The second kappa shape index (κ2) is 6.05. The molecule has 1 N–H and O–H groups in total. The fraction of sp³-hybridized carbons (Fsp3) is 0.222. The number of anilines is 2. The van der Waals surface area contributed by atoms with E-state index in [0.29, 0.717) is 17.1 Å². The average Bonchev–Trinajstić information content (AvgIpc) is 2.89. The zero-order valence-corrected chi connectivity index (χ0v) is 13.7. The van der Waals surface area contributed by atoms with Gasteiger partial charge in [0.05, 0.1) is 10.7 Å². The molecule has 0 aliphatic carbocycles. The lowest BCUT2D eigenvalue weighted by Gasteiger charge is -2.23. The van der Waals surface area contributed by atoms with Crippen LogP contribution in [0.15, 0.2) is 42.5 Å². The van der Waals surface area contributed by atoms with Crippen molar-refractivity contribution >= 4 is 34.8 Å². The molecule has 0 saturated carbocycles. The maximum Gasteiger partial charge on any atom is 0.247 e. The minimum Gasteiger partial charge on any atom is -0.323 e. The molecule has 3 rings (SSSR count). The largest absolute Gasteiger partial charge is 0.323 e. The van der Waals surface area contributed by atoms with Gasteiger partial charge in [0, 0.05) is 19.0 Å². The molecule has 118 valence electrons. The van der Waals surface area contributed by atoms with E-state index >= 15 is 0 Å². The van der Waals surface area contributed by atoms with Gasteiger partial charge >= 0.3 is 0 Å². The van der Waals surface area contributed by atoms with E-state index in [4.69, 9.17) is 11.6 Å². The lowest BCUT2D eigenvalue weighted by atomic mass is 10.1. The number of hydrogen-bond donors (Lipinski definition) is 1. The van der Waals surface area contributed by atoms with Crippen molar-refractivity contribution in [3.8, 4) is 0 Å². The molecule has 0 spiro atoms. The zero-order chi connectivity index (χ0) is 16.6. The molecule has 1 aliphatic heterocycles.